The topological polar surface area (TPSA) is 89.8 Å². The number of hydrogen-bond donors (Lipinski definition) is 1. The number of nitrogens with one attached hydrogen (secondary N) is 1. The summed E-state index contributed by atoms with van der Waals surface area (Å²) in [6.07, 6.45) is 0. The number of carbonyl (C=O) groups is 1. The molecule has 0 fully saturated rings. The second kappa shape index (κ2) is 6.49. The van der Waals surface area contributed by atoms with E-state index >= 15 is 0 Å². The van der Waals surface area contributed by atoms with E-state index in [9.17, 15) is 9.59 Å². The van der Waals surface area contributed by atoms with E-state index in [1.807, 2.05) is 30.3 Å². The maximum Gasteiger partial charge on any atom is 0.277 e. The predicted octanol–water partition coefficient (Wildman–Crippen LogP) is 1.70. The standard InChI is InChI=1S/C15H13N5O2S/c1-10-17-18-15(23-10)16-14(22)12-7-8-13(21)20(19-12)9-11-5-3-2-4-6-11/h2-8H,9H2,1H3,(H,16,18,22). The Morgan fingerprint density at radius 1 is 1.17 bits per heavy atom. The molecule has 23 heavy (non-hydrogen) atoms. The van der Waals surface area contributed by atoms with Crippen molar-refractivity contribution in [1.29, 1.82) is 0 Å². The number of rotatable bonds is 4. The fourth-order valence-electron chi connectivity index (χ4n) is 1.95. The highest BCUT2D eigenvalue weighted by molar-refractivity contribution is 7.15. The van der Waals surface area contributed by atoms with Crippen molar-refractivity contribution in [3.8, 4) is 0 Å². The molecule has 0 saturated carbocycles. The summed E-state index contributed by atoms with van der Waals surface area (Å²) < 4.78 is 1.26. The summed E-state index contributed by atoms with van der Waals surface area (Å²) >= 11 is 1.27. The van der Waals surface area contributed by atoms with Crippen molar-refractivity contribution in [3.63, 3.8) is 0 Å². The van der Waals surface area contributed by atoms with Crippen LogP contribution in [0.25, 0.3) is 0 Å². The minimum absolute atomic E-state index is 0.147. The fraction of sp³-hybridized carbons (Fsp3) is 0.133. The van der Waals surface area contributed by atoms with Gasteiger partial charge in [0.05, 0.1) is 6.54 Å². The zero-order valence-electron chi connectivity index (χ0n) is 12.3. The van der Waals surface area contributed by atoms with Gasteiger partial charge in [-0.15, -0.1) is 10.2 Å². The molecule has 0 radical (unpaired) electrons. The Kier molecular flexibility index (Phi) is 4.24. The highest BCUT2D eigenvalue weighted by Crippen LogP contribution is 2.14. The molecule has 116 valence electrons. The van der Waals surface area contributed by atoms with Crippen molar-refractivity contribution in [1.82, 2.24) is 20.0 Å². The third-order valence-electron chi connectivity index (χ3n) is 3.02. The van der Waals surface area contributed by atoms with E-state index in [4.69, 9.17) is 0 Å². The minimum Gasteiger partial charge on any atom is -0.295 e. The first-order chi connectivity index (χ1) is 11.1. The van der Waals surface area contributed by atoms with E-state index < -0.39 is 5.91 Å². The molecule has 7 nitrogen and oxygen atoms in total. The van der Waals surface area contributed by atoms with Crippen LogP contribution in [0.2, 0.25) is 0 Å². The second-order valence-electron chi connectivity index (χ2n) is 4.78. The lowest BCUT2D eigenvalue weighted by atomic mass is 10.2. The first kappa shape index (κ1) is 15.0. The number of aryl methyl sites for hydroxylation is 1. The summed E-state index contributed by atoms with van der Waals surface area (Å²) in [7, 11) is 0. The SMILES string of the molecule is Cc1nnc(NC(=O)c2ccc(=O)n(Cc3ccccc3)n2)s1. The number of amides is 1. The van der Waals surface area contributed by atoms with Gasteiger partial charge in [0, 0.05) is 6.07 Å². The lowest BCUT2D eigenvalue weighted by Gasteiger charge is -2.06. The summed E-state index contributed by atoms with van der Waals surface area (Å²) in [5.41, 5.74) is 0.810. The highest BCUT2D eigenvalue weighted by Gasteiger charge is 2.12. The Morgan fingerprint density at radius 2 is 1.96 bits per heavy atom. The van der Waals surface area contributed by atoms with Gasteiger partial charge in [-0.25, -0.2) is 4.68 Å². The van der Waals surface area contributed by atoms with Gasteiger partial charge in [-0.05, 0) is 18.6 Å². The van der Waals surface area contributed by atoms with Gasteiger partial charge in [0.25, 0.3) is 11.5 Å². The highest BCUT2D eigenvalue weighted by atomic mass is 32.1. The van der Waals surface area contributed by atoms with E-state index in [2.05, 4.69) is 20.6 Å². The summed E-state index contributed by atoms with van der Waals surface area (Å²) in [6, 6.07) is 12.2. The van der Waals surface area contributed by atoms with Crippen molar-refractivity contribution in [2.45, 2.75) is 13.5 Å². The minimum atomic E-state index is -0.428. The molecule has 1 aromatic carbocycles. The molecule has 1 amide bonds. The molecule has 8 heteroatoms. The quantitative estimate of drug-likeness (QED) is 0.788. The second-order valence-corrected chi connectivity index (χ2v) is 5.96. The van der Waals surface area contributed by atoms with Crippen molar-refractivity contribution in [2.75, 3.05) is 5.32 Å². The van der Waals surface area contributed by atoms with E-state index in [0.29, 0.717) is 11.7 Å². The summed E-state index contributed by atoms with van der Waals surface area (Å²) in [5, 5.41) is 15.5. The Hall–Kier alpha value is -2.87. The zero-order chi connectivity index (χ0) is 16.2. The van der Waals surface area contributed by atoms with Gasteiger partial charge in [0.2, 0.25) is 5.13 Å². The first-order valence-electron chi connectivity index (χ1n) is 6.85. The van der Waals surface area contributed by atoms with Gasteiger partial charge >= 0.3 is 0 Å². The van der Waals surface area contributed by atoms with E-state index in [1.54, 1.807) is 6.92 Å². The molecule has 0 spiro atoms. The molecule has 0 bridgehead atoms. The molecule has 0 aliphatic rings. The molecule has 0 unspecified atom stereocenters. The molecule has 0 aliphatic heterocycles. The van der Waals surface area contributed by atoms with E-state index in [0.717, 1.165) is 10.6 Å². The predicted molar refractivity (Wildman–Crippen MR) is 86.6 cm³/mol. The van der Waals surface area contributed by atoms with Crippen LogP contribution >= 0.6 is 11.3 Å². The molecule has 1 N–H and O–H groups in total. The van der Waals surface area contributed by atoms with Crippen LogP contribution in [0.3, 0.4) is 0 Å². The number of anilines is 1. The summed E-state index contributed by atoms with van der Waals surface area (Å²) in [4.78, 5) is 24.1. The van der Waals surface area contributed by atoms with Crippen LogP contribution in [0.1, 0.15) is 21.1 Å². The Balaban J connectivity index is 1.82. The van der Waals surface area contributed by atoms with Crippen LogP contribution in [-0.2, 0) is 6.54 Å². The van der Waals surface area contributed by atoms with Gasteiger partial charge in [-0.3, -0.25) is 14.9 Å². The Morgan fingerprint density at radius 3 is 2.65 bits per heavy atom. The lowest BCUT2D eigenvalue weighted by Crippen LogP contribution is -2.26. The Labute approximate surface area is 135 Å². The molecule has 2 aromatic heterocycles. The van der Waals surface area contributed by atoms with Crippen LogP contribution < -0.4 is 10.9 Å². The largest absolute Gasteiger partial charge is 0.295 e. The van der Waals surface area contributed by atoms with Crippen LogP contribution in [0, 0.1) is 6.92 Å². The summed E-state index contributed by atoms with van der Waals surface area (Å²) in [6.45, 7) is 2.10. The number of benzene rings is 1. The molecule has 3 aromatic rings. The smallest absolute Gasteiger partial charge is 0.277 e. The monoisotopic (exact) mass is 327 g/mol. The molecular weight excluding hydrogens is 314 g/mol. The number of carbonyl (C=O) groups excluding carboxylic acids is 1. The van der Waals surface area contributed by atoms with Crippen LogP contribution in [0.15, 0.2) is 47.3 Å². The van der Waals surface area contributed by atoms with Gasteiger partial charge in [0.15, 0.2) is 0 Å². The van der Waals surface area contributed by atoms with Crippen LogP contribution in [0.5, 0.6) is 0 Å². The molecule has 0 aliphatic carbocycles. The lowest BCUT2D eigenvalue weighted by molar-refractivity contribution is 0.102. The third-order valence-corrected chi connectivity index (χ3v) is 3.78. The fourth-order valence-corrected chi connectivity index (χ4v) is 2.53. The van der Waals surface area contributed by atoms with E-state index in [-0.39, 0.29) is 11.3 Å². The molecule has 0 atom stereocenters. The van der Waals surface area contributed by atoms with Crippen LogP contribution in [-0.4, -0.2) is 25.9 Å². The molecule has 0 saturated heterocycles. The average Bonchev–Trinajstić information content (AvgIpc) is 2.95. The average molecular weight is 327 g/mol. The number of hydrogen-bond acceptors (Lipinski definition) is 6. The third kappa shape index (κ3) is 3.67. The maximum absolute atomic E-state index is 12.2. The van der Waals surface area contributed by atoms with Gasteiger partial charge in [0.1, 0.15) is 10.7 Å². The van der Waals surface area contributed by atoms with Crippen molar-refractivity contribution < 1.29 is 4.79 Å². The van der Waals surface area contributed by atoms with Crippen molar-refractivity contribution >= 4 is 22.4 Å². The first-order valence-corrected chi connectivity index (χ1v) is 7.67. The molecule has 2 heterocycles. The Bertz CT molecular complexity index is 888. The normalized spacial score (nSPS) is 10.5. The zero-order valence-corrected chi connectivity index (χ0v) is 13.1. The number of aromatic nitrogens is 4. The van der Waals surface area contributed by atoms with Gasteiger partial charge < -0.3 is 0 Å². The van der Waals surface area contributed by atoms with Crippen molar-refractivity contribution in [3.05, 3.63) is 69.1 Å². The van der Waals surface area contributed by atoms with Gasteiger partial charge in [-0.1, -0.05) is 41.7 Å². The molecular formula is C15H13N5O2S. The van der Waals surface area contributed by atoms with Crippen molar-refractivity contribution in [2.24, 2.45) is 0 Å². The summed E-state index contributed by atoms with van der Waals surface area (Å²) in [5.74, 6) is -0.428. The molecule has 3 rings (SSSR count). The number of nitrogens with zero attached hydrogens (tertiary/aromatic N) is 4. The van der Waals surface area contributed by atoms with Crippen LogP contribution in [0.4, 0.5) is 5.13 Å². The maximum atomic E-state index is 12.2. The van der Waals surface area contributed by atoms with E-state index in [1.165, 1.54) is 28.2 Å². The van der Waals surface area contributed by atoms with Gasteiger partial charge in [-0.2, -0.15) is 5.10 Å².